The Morgan fingerprint density at radius 1 is 1.60 bits per heavy atom. The summed E-state index contributed by atoms with van der Waals surface area (Å²) in [6, 6.07) is 1.70. The summed E-state index contributed by atoms with van der Waals surface area (Å²) in [5.74, 6) is 1.29. The van der Waals surface area contributed by atoms with Crippen LogP contribution in [0.2, 0.25) is 11.6 Å². The molecule has 0 nitrogen and oxygen atoms in total. The van der Waals surface area contributed by atoms with Crippen molar-refractivity contribution in [3.8, 4) is 0 Å². The van der Waals surface area contributed by atoms with Crippen LogP contribution >= 0.6 is 0 Å². The van der Waals surface area contributed by atoms with E-state index < -0.39 is 0 Å². The summed E-state index contributed by atoms with van der Waals surface area (Å²) in [4.78, 5) is 0. The van der Waals surface area contributed by atoms with Crippen LogP contribution in [0.3, 0.4) is 0 Å². The standard InChI is InChI=1S/C4H8Si/c1-3-2-5-4(1)3/h3-4H,1-2,5H2. The molecule has 2 atom stereocenters. The zero-order valence-corrected chi connectivity index (χ0v) is 4.69. The van der Waals surface area contributed by atoms with Gasteiger partial charge in [-0.2, -0.15) is 0 Å². The van der Waals surface area contributed by atoms with E-state index in [1.807, 2.05) is 0 Å². The van der Waals surface area contributed by atoms with E-state index in [0.29, 0.717) is 9.52 Å². The lowest BCUT2D eigenvalue weighted by Crippen LogP contribution is -2.01. The number of fused-ring (bicyclic) bond motifs is 1. The Hall–Kier alpha value is 0.217. The van der Waals surface area contributed by atoms with E-state index >= 15 is 0 Å². The molecule has 0 bridgehead atoms. The molecule has 2 fully saturated rings. The molecule has 0 spiro atoms. The van der Waals surface area contributed by atoms with Gasteiger partial charge in [0.2, 0.25) is 0 Å². The highest BCUT2D eigenvalue weighted by Gasteiger charge is 2.44. The van der Waals surface area contributed by atoms with Crippen LogP contribution in [0.5, 0.6) is 0 Å². The van der Waals surface area contributed by atoms with Gasteiger partial charge >= 0.3 is 0 Å². The van der Waals surface area contributed by atoms with Gasteiger partial charge in [-0.3, -0.25) is 0 Å². The van der Waals surface area contributed by atoms with Gasteiger partial charge in [-0.05, 0) is 11.5 Å². The van der Waals surface area contributed by atoms with Gasteiger partial charge < -0.3 is 0 Å². The van der Waals surface area contributed by atoms with E-state index in [9.17, 15) is 0 Å². The number of hydrogen-bond acceptors (Lipinski definition) is 0. The lowest BCUT2D eigenvalue weighted by molar-refractivity contribution is 0.904. The molecule has 1 heterocycles. The van der Waals surface area contributed by atoms with Crippen molar-refractivity contribution < 1.29 is 0 Å². The van der Waals surface area contributed by atoms with Crippen molar-refractivity contribution >= 4 is 9.52 Å². The zero-order valence-electron chi connectivity index (χ0n) is 3.28. The molecule has 1 aliphatic heterocycles. The smallest absolute Gasteiger partial charge is 0.0238 e. The molecule has 1 heteroatoms. The lowest BCUT2D eigenvalue weighted by Gasteiger charge is -2.03. The molecule has 28 valence electrons. The summed E-state index contributed by atoms with van der Waals surface area (Å²) in [6.45, 7) is 0. The second kappa shape index (κ2) is 0.514. The fraction of sp³-hybridized carbons (Fsp3) is 1.00. The third-order valence-electron chi connectivity index (χ3n) is 1.98. The van der Waals surface area contributed by atoms with Crippen LogP contribution in [-0.4, -0.2) is 9.52 Å². The van der Waals surface area contributed by atoms with Crippen molar-refractivity contribution in [3.05, 3.63) is 0 Å². The van der Waals surface area contributed by atoms with E-state index in [-0.39, 0.29) is 0 Å². The van der Waals surface area contributed by atoms with Gasteiger partial charge in [0.15, 0.2) is 0 Å². The first-order chi connectivity index (χ1) is 2.47. The Morgan fingerprint density at radius 3 is 2.40 bits per heavy atom. The van der Waals surface area contributed by atoms with Gasteiger partial charge in [0.05, 0.1) is 0 Å². The van der Waals surface area contributed by atoms with E-state index in [2.05, 4.69) is 0 Å². The van der Waals surface area contributed by atoms with Crippen LogP contribution < -0.4 is 0 Å². The third-order valence-corrected chi connectivity index (χ3v) is 4.79. The highest BCUT2D eigenvalue weighted by atomic mass is 28.2. The molecule has 0 N–H and O–H groups in total. The summed E-state index contributed by atoms with van der Waals surface area (Å²) < 4.78 is 0. The van der Waals surface area contributed by atoms with Gasteiger partial charge in [0.25, 0.3) is 0 Å². The molecule has 1 saturated heterocycles. The van der Waals surface area contributed by atoms with E-state index in [0.717, 1.165) is 0 Å². The molecule has 0 aromatic rings. The van der Waals surface area contributed by atoms with Crippen molar-refractivity contribution in [2.24, 2.45) is 5.92 Å². The minimum atomic E-state index is 0.603. The molecule has 1 aliphatic carbocycles. The van der Waals surface area contributed by atoms with Crippen molar-refractivity contribution in [1.29, 1.82) is 0 Å². The van der Waals surface area contributed by atoms with Gasteiger partial charge in [-0.15, -0.1) is 0 Å². The van der Waals surface area contributed by atoms with E-state index in [1.165, 1.54) is 11.5 Å². The second-order valence-corrected chi connectivity index (χ2v) is 4.54. The predicted octanol–water partition coefficient (Wildman–Crippen LogP) is 0.395. The van der Waals surface area contributed by atoms with E-state index in [4.69, 9.17) is 0 Å². The van der Waals surface area contributed by atoms with Gasteiger partial charge in [-0.1, -0.05) is 12.5 Å². The molecule has 0 aromatic carbocycles. The van der Waals surface area contributed by atoms with Gasteiger partial charge in [0.1, 0.15) is 0 Å². The Morgan fingerprint density at radius 2 is 2.40 bits per heavy atom. The molecule has 2 aliphatic rings. The molecule has 2 unspecified atom stereocenters. The first-order valence-electron chi connectivity index (χ1n) is 2.47. The summed E-state index contributed by atoms with van der Waals surface area (Å²) in [6.07, 6.45) is 1.65. The molecule has 1 saturated carbocycles. The van der Waals surface area contributed by atoms with Crippen molar-refractivity contribution in [1.82, 2.24) is 0 Å². The Balaban J connectivity index is 2.19. The molecule has 5 heavy (non-hydrogen) atoms. The quantitative estimate of drug-likeness (QED) is 0.373. The highest BCUT2D eigenvalue weighted by molar-refractivity contribution is 6.44. The van der Waals surface area contributed by atoms with Crippen LogP contribution in [0.25, 0.3) is 0 Å². The molecule has 2 rings (SSSR count). The third kappa shape index (κ3) is 0.165. The van der Waals surface area contributed by atoms with Crippen molar-refractivity contribution in [2.45, 2.75) is 18.0 Å². The minimum absolute atomic E-state index is 0.603. The van der Waals surface area contributed by atoms with E-state index in [1.54, 1.807) is 12.5 Å². The highest BCUT2D eigenvalue weighted by Crippen LogP contribution is 2.56. The Labute approximate surface area is 34.4 Å². The van der Waals surface area contributed by atoms with Crippen LogP contribution in [-0.2, 0) is 0 Å². The first kappa shape index (κ1) is 2.40. The SMILES string of the molecule is C1[SiH2]C2CC12. The lowest BCUT2D eigenvalue weighted by atomic mass is 10.5. The topological polar surface area (TPSA) is 0 Å². The van der Waals surface area contributed by atoms with Crippen LogP contribution in [0.1, 0.15) is 6.42 Å². The summed E-state index contributed by atoms with van der Waals surface area (Å²) >= 11 is 0. The maximum Gasteiger partial charge on any atom is 0.0238 e. The fourth-order valence-corrected chi connectivity index (χ4v) is 3.36. The number of hydrogen-bond donors (Lipinski definition) is 0. The molecular weight excluding hydrogens is 76.1 g/mol. The van der Waals surface area contributed by atoms with Crippen molar-refractivity contribution in [2.75, 3.05) is 0 Å². The Bertz CT molecular complexity index is 48.7. The largest absolute Gasteiger partial charge is 0.0597 e. The van der Waals surface area contributed by atoms with Crippen LogP contribution in [0, 0.1) is 5.92 Å². The minimum Gasteiger partial charge on any atom is -0.0597 e. The summed E-state index contributed by atoms with van der Waals surface area (Å²) in [7, 11) is 0.603. The van der Waals surface area contributed by atoms with Crippen LogP contribution in [0.15, 0.2) is 0 Å². The number of rotatable bonds is 0. The molecule has 0 amide bonds. The second-order valence-electron chi connectivity index (χ2n) is 2.33. The average molecular weight is 84.2 g/mol. The summed E-state index contributed by atoms with van der Waals surface area (Å²) in [5.41, 5.74) is 1.37. The van der Waals surface area contributed by atoms with Gasteiger partial charge in [0, 0.05) is 9.52 Å². The maximum absolute atomic E-state index is 1.70. The molecule has 0 radical (unpaired) electrons. The normalized spacial score (nSPS) is 62.4. The molecule has 0 aromatic heterocycles. The summed E-state index contributed by atoms with van der Waals surface area (Å²) in [5, 5.41) is 0. The Kier molecular flexibility index (Phi) is 0.247. The molecular formula is C4H8Si. The predicted molar refractivity (Wildman–Crippen MR) is 25.2 cm³/mol. The van der Waals surface area contributed by atoms with Crippen molar-refractivity contribution in [3.63, 3.8) is 0 Å². The average Bonchev–Trinajstić information content (AvgIpc) is 1.74. The fourth-order valence-electron chi connectivity index (χ4n) is 1.18. The maximum atomic E-state index is 1.70. The van der Waals surface area contributed by atoms with Gasteiger partial charge in [-0.25, -0.2) is 0 Å². The monoisotopic (exact) mass is 84.0 g/mol. The zero-order chi connectivity index (χ0) is 3.28. The van der Waals surface area contributed by atoms with Crippen LogP contribution in [0.4, 0.5) is 0 Å². The first-order valence-corrected chi connectivity index (χ1v) is 4.28.